The molecule has 14 heavy (non-hydrogen) atoms. The second-order valence-electron chi connectivity index (χ2n) is 3.98. The van der Waals surface area contributed by atoms with Gasteiger partial charge in [-0.15, -0.1) is 0 Å². The zero-order chi connectivity index (χ0) is 10.7. The first-order chi connectivity index (χ1) is 6.50. The molecule has 2 N–H and O–H groups in total. The number of carbonyl (C=O) groups excluding carboxylic acids is 1. The summed E-state index contributed by atoms with van der Waals surface area (Å²) < 4.78 is 0. The van der Waals surface area contributed by atoms with Gasteiger partial charge in [0.2, 0.25) is 5.91 Å². The average molecular weight is 194 g/mol. The summed E-state index contributed by atoms with van der Waals surface area (Å²) in [5.74, 6) is 0.151. The van der Waals surface area contributed by atoms with E-state index in [1.807, 2.05) is 27.7 Å². The highest BCUT2D eigenvalue weighted by molar-refractivity contribution is 5.77. The molecule has 0 fully saturated rings. The number of nitrogens with one attached hydrogen (secondary N) is 2. The molecule has 0 saturated carbocycles. The van der Waals surface area contributed by atoms with Crippen molar-refractivity contribution in [2.24, 2.45) is 5.92 Å². The van der Waals surface area contributed by atoms with Crippen LogP contribution < -0.4 is 5.32 Å². The third-order valence-electron chi connectivity index (χ3n) is 2.23. The van der Waals surface area contributed by atoms with Gasteiger partial charge in [0.15, 0.2) is 0 Å². The Kier molecular flexibility index (Phi) is 3.33. The van der Waals surface area contributed by atoms with Crippen molar-refractivity contribution in [3.05, 3.63) is 23.0 Å². The van der Waals surface area contributed by atoms with Crippen LogP contribution in [0.15, 0.2) is 6.07 Å². The number of aromatic nitrogens is 1. The quantitative estimate of drug-likeness (QED) is 0.758. The van der Waals surface area contributed by atoms with Crippen LogP contribution in [0.2, 0.25) is 0 Å². The predicted molar refractivity (Wildman–Crippen MR) is 57.0 cm³/mol. The molecule has 3 heteroatoms. The molecule has 1 rings (SSSR count). The third kappa shape index (κ3) is 2.62. The van der Waals surface area contributed by atoms with Gasteiger partial charge >= 0.3 is 0 Å². The minimum Gasteiger partial charge on any atom is -0.362 e. The second-order valence-corrected chi connectivity index (χ2v) is 3.98. The molecule has 0 aliphatic heterocycles. The van der Waals surface area contributed by atoms with Crippen LogP contribution in [0.25, 0.3) is 0 Å². The van der Waals surface area contributed by atoms with Crippen molar-refractivity contribution in [1.29, 1.82) is 0 Å². The summed E-state index contributed by atoms with van der Waals surface area (Å²) in [6, 6.07) is 2.07. The number of amides is 1. The number of aromatic amines is 1. The van der Waals surface area contributed by atoms with Gasteiger partial charge in [-0.05, 0) is 25.5 Å². The number of aryl methyl sites for hydroxylation is 2. The average Bonchev–Trinajstić information content (AvgIpc) is 2.40. The molecular formula is C11H18N2O. The molecule has 1 heterocycles. The molecule has 0 unspecified atom stereocenters. The third-order valence-corrected chi connectivity index (χ3v) is 2.23. The van der Waals surface area contributed by atoms with Crippen LogP contribution in [0, 0.1) is 19.8 Å². The Bertz CT molecular complexity index is 326. The highest BCUT2D eigenvalue weighted by Gasteiger charge is 2.07. The predicted octanol–water partition coefficient (Wildman–Crippen LogP) is 1.90. The van der Waals surface area contributed by atoms with Crippen LogP contribution in [-0.2, 0) is 11.3 Å². The first-order valence-corrected chi connectivity index (χ1v) is 4.93. The minimum absolute atomic E-state index is 0.0512. The van der Waals surface area contributed by atoms with Gasteiger partial charge in [-0.1, -0.05) is 13.8 Å². The fraction of sp³-hybridized carbons (Fsp3) is 0.545. The van der Waals surface area contributed by atoms with E-state index in [0.717, 1.165) is 17.0 Å². The Hall–Kier alpha value is -1.25. The highest BCUT2D eigenvalue weighted by Crippen LogP contribution is 2.08. The molecule has 0 radical (unpaired) electrons. The fourth-order valence-electron chi connectivity index (χ4n) is 1.35. The Morgan fingerprint density at radius 3 is 2.57 bits per heavy atom. The zero-order valence-corrected chi connectivity index (χ0v) is 9.27. The zero-order valence-electron chi connectivity index (χ0n) is 9.27. The lowest BCUT2D eigenvalue weighted by Crippen LogP contribution is -2.27. The minimum atomic E-state index is 0.0512. The molecule has 3 nitrogen and oxygen atoms in total. The summed E-state index contributed by atoms with van der Waals surface area (Å²) in [6.07, 6.45) is 0. The lowest BCUT2D eigenvalue weighted by Gasteiger charge is -2.06. The summed E-state index contributed by atoms with van der Waals surface area (Å²) in [5, 5.41) is 2.89. The van der Waals surface area contributed by atoms with Crippen molar-refractivity contribution in [3.63, 3.8) is 0 Å². The number of carbonyl (C=O) groups is 1. The van der Waals surface area contributed by atoms with Crippen LogP contribution in [0.5, 0.6) is 0 Å². The van der Waals surface area contributed by atoms with Crippen molar-refractivity contribution < 1.29 is 4.79 Å². The lowest BCUT2D eigenvalue weighted by atomic mass is 10.2. The van der Waals surface area contributed by atoms with Crippen LogP contribution >= 0.6 is 0 Å². The molecule has 0 atom stereocenters. The molecular weight excluding hydrogens is 176 g/mol. The largest absolute Gasteiger partial charge is 0.362 e. The number of H-pyrrole nitrogens is 1. The molecule has 0 aromatic carbocycles. The summed E-state index contributed by atoms with van der Waals surface area (Å²) in [6.45, 7) is 8.44. The van der Waals surface area contributed by atoms with E-state index in [1.54, 1.807) is 0 Å². The van der Waals surface area contributed by atoms with Crippen molar-refractivity contribution in [1.82, 2.24) is 10.3 Å². The van der Waals surface area contributed by atoms with Crippen LogP contribution in [0.3, 0.4) is 0 Å². The van der Waals surface area contributed by atoms with Crippen LogP contribution in [0.1, 0.15) is 30.8 Å². The number of rotatable bonds is 3. The summed E-state index contributed by atoms with van der Waals surface area (Å²) in [7, 11) is 0. The fourth-order valence-corrected chi connectivity index (χ4v) is 1.35. The van der Waals surface area contributed by atoms with Gasteiger partial charge < -0.3 is 10.3 Å². The summed E-state index contributed by atoms with van der Waals surface area (Å²) in [5.41, 5.74) is 3.43. The smallest absolute Gasteiger partial charge is 0.222 e. The Morgan fingerprint density at radius 2 is 2.14 bits per heavy atom. The standard InChI is InChI=1S/C11H18N2O/c1-7(2)11(14)12-6-10-5-8(3)13-9(10)4/h5,7,13H,6H2,1-4H3,(H,12,14). The van der Waals surface area contributed by atoms with Gasteiger partial charge in [0.1, 0.15) is 0 Å². The van der Waals surface area contributed by atoms with Crippen LogP contribution in [-0.4, -0.2) is 10.9 Å². The number of hydrogen-bond acceptors (Lipinski definition) is 1. The molecule has 1 amide bonds. The van der Waals surface area contributed by atoms with E-state index in [2.05, 4.69) is 16.4 Å². The molecule has 0 bridgehead atoms. The van der Waals surface area contributed by atoms with E-state index in [4.69, 9.17) is 0 Å². The normalized spacial score (nSPS) is 10.6. The SMILES string of the molecule is Cc1cc(CNC(=O)C(C)C)c(C)[nH]1. The first-order valence-electron chi connectivity index (χ1n) is 4.93. The molecule has 0 saturated heterocycles. The van der Waals surface area contributed by atoms with E-state index < -0.39 is 0 Å². The van der Waals surface area contributed by atoms with E-state index in [9.17, 15) is 4.79 Å². The maximum atomic E-state index is 11.3. The van der Waals surface area contributed by atoms with Crippen molar-refractivity contribution in [2.45, 2.75) is 34.2 Å². The molecule has 78 valence electrons. The molecule has 1 aromatic heterocycles. The van der Waals surface area contributed by atoms with Gasteiger partial charge in [-0.25, -0.2) is 0 Å². The number of hydrogen-bond donors (Lipinski definition) is 2. The van der Waals surface area contributed by atoms with Crippen molar-refractivity contribution in [3.8, 4) is 0 Å². The van der Waals surface area contributed by atoms with Gasteiger partial charge in [0.05, 0.1) is 0 Å². The van der Waals surface area contributed by atoms with Crippen molar-refractivity contribution in [2.75, 3.05) is 0 Å². The Labute approximate surface area is 84.9 Å². The monoisotopic (exact) mass is 194 g/mol. The van der Waals surface area contributed by atoms with Crippen LogP contribution in [0.4, 0.5) is 0 Å². The van der Waals surface area contributed by atoms with E-state index in [-0.39, 0.29) is 11.8 Å². The van der Waals surface area contributed by atoms with Gasteiger partial charge in [0.25, 0.3) is 0 Å². The second kappa shape index (κ2) is 4.31. The van der Waals surface area contributed by atoms with Gasteiger partial charge in [-0.3, -0.25) is 4.79 Å². The van der Waals surface area contributed by atoms with E-state index >= 15 is 0 Å². The van der Waals surface area contributed by atoms with E-state index in [1.165, 1.54) is 0 Å². The topological polar surface area (TPSA) is 44.9 Å². The molecule has 0 aliphatic rings. The molecule has 0 aliphatic carbocycles. The summed E-state index contributed by atoms with van der Waals surface area (Å²) >= 11 is 0. The van der Waals surface area contributed by atoms with Gasteiger partial charge in [-0.2, -0.15) is 0 Å². The summed E-state index contributed by atoms with van der Waals surface area (Å²) in [4.78, 5) is 14.5. The Morgan fingerprint density at radius 1 is 1.50 bits per heavy atom. The molecule has 1 aromatic rings. The van der Waals surface area contributed by atoms with Crippen molar-refractivity contribution >= 4 is 5.91 Å². The first kappa shape index (κ1) is 10.8. The maximum absolute atomic E-state index is 11.3. The Balaban J connectivity index is 2.54. The maximum Gasteiger partial charge on any atom is 0.222 e. The highest BCUT2D eigenvalue weighted by atomic mass is 16.1. The molecule has 0 spiro atoms. The van der Waals surface area contributed by atoms with Gasteiger partial charge in [0, 0.05) is 23.9 Å². The van der Waals surface area contributed by atoms with E-state index in [0.29, 0.717) is 6.54 Å². The lowest BCUT2D eigenvalue weighted by molar-refractivity contribution is -0.124.